The number of benzene rings is 2. The van der Waals surface area contributed by atoms with Crippen LogP contribution in [-0.2, 0) is 22.6 Å². The zero-order valence-corrected chi connectivity index (χ0v) is 14.9. The van der Waals surface area contributed by atoms with Gasteiger partial charge < -0.3 is 14.8 Å². The summed E-state index contributed by atoms with van der Waals surface area (Å²) in [5.41, 5.74) is 1.05. The molecule has 0 spiro atoms. The minimum Gasteiger partial charge on any atom is -0.491 e. The van der Waals surface area contributed by atoms with Gasteiger partial charge in [0.25, 0.3) is 5.56 Å². The molecular weight excluding hydrogens is 348 g/mol. The van der Waals surface area contributed by atoms with Crippen molar-refractivity contribution in [2.24, 2.45) is 0 Å². The number of carbonyl (C=O) groups is 1. The number of nitrogens with zero attached hydrogens (tertiary/aromatic N) is 3. The zero-order chi connectivity index (χ0) is 19.1. The van der Waals surface area contributed by atoms with Crippen LogP contribution >= 0.6 is 0 Å². The van der Waals surface area contributed by atoms with Crippen molar-refractivity contribution < 1.29 is 14.3 Å². The van der Waals surface area contributed by atoms with Crippen molar-refractivity contribution in [3.8, 4) is 5.75 Å². The van der Waals surface area contributed by atoms with Gasteiger partial charge in [-0.05, 0) is 29.8 Å². The maximum atomic E-state index is 12.4. The summed E-state index contributed by atoms with van der Waals surface area (Å²) in [6.45, 7) is 1.08. The molecule has 2 aromatic carbocycles. The fourth-order valence-corrected chi connectivity index (χ4v) is 2.51. The minimum absolute atomic E-state index is 0.194. The number of hydrogen-bond donors (Lipinski definition) is 1. The van der Waals surface area contributed by atoms with E-state index in [-0.39, 0.29) is 18.0 Å². The summed E-state index contributed by atoms with van der Waals surface area (Å²) < 4.78 is 11.5. The van der Waals surface area contributed by atoms with Crippen molar-refractivity contribution in [1.29, 1.82) is 0 Å². The van der Waals surface area contributed by atoms with Gasteiger partial charge >= 0.3 is 0 Å². The van der Waals surface area contributed by atoms with Crippen molar-refractivity contribution >= 4 is 16.8 Å². The Morgan fingerprint density at radius 3 is 2.85 bits per heavy atom. The first-order chi connectivity index (χ1) is 13.2. The summed E-state index contributed by atoms with van der Waals surface area (Å²) in [7, 11) is 1.61. The predicted molar refractivity (Wildman–Crippen MR) is 99.5 cm³/mol. The van der Waals surface area contributed by atoms with Gasteiger partial charge in [0.1, 0.15) is 24.4 Å². The summed E-state index contributed by atoms with van der Waals surface area (Å²) in [4.78, 5) is 24.5. The number of aromatic nitrogens is 3. The third kappa shape index (κ3) is 4.89. The molecule has 8 nitrogen and oxygen atoms in total. The summed E-state index contributed by atoms with van der Waals surface area (Å²) >= 11 is 0. The van der Waals surface area contributed by atoms with Gasteiger partial charge in [0.2, 0.25) is 5.91 Å². The predicted octanol–water partition coefficient (Wildman–Crippen LogP) is 1.13. The Balaban J connectivity index is 1.59. The molecule has 0 radical (unpaired) electrons. The summed E-state index contributed by atoms with van der Waals surface area (Å²) in [6.07, 6.45) is 0. The lowest BCUT2D eigenvalue weighted by Crippen LogP contribution is -2.34. The molecule has 1 amide bonds. The number of ether oxygens (including phenoxy) is 2. The SMILES string of the molecule is COCCOc1cccc(CNC(=O)Cn2nnc3ccccc3c2=O)c1. The summed E-state index contributed by atoms with van der Waals surface area (Å²) in [6, 6.07) is 14.3. The first-order valence-corrected chi connectivity index (χ1v) is 8.47. The number of hydrogen-bond acceptors (Lipinski definition) is 6. The zero-order valence-electron chi connectivity index (χ0n) is 14.9. The van der Waals surface area contributed by atoms with E-state index >= 15 is 0 Å². The Bertz CT molecular complexity index is 987. The Morgan fingerprint density at radius 1 is 1.15 bits per heavy atom. The van der Waals surface area contributed by atoms with E-state index < -0.39 is 0 Å². The van der Waals surface area contributed by atoms with E-state index in [9.17, 15) is 9.59 Å². The molecule has 140 valence electrons. The number of rotatable bonds is 8. The number of amides is 1. The van der Waals surface area contributed by atoms with E-state index in [0.717, 1.165) is 10.2 Å². The smallest absolute Gasteiger partial charge is 0.278 e. The lowest BCUT2D eigenvalue weighted by Gasteiger charge is -2.09. The van der Waals surface area contributed by atoms with Gasteiger partial charge in [-0.25, -0.2) is 4.68 Å². The molecule has 0 aliphatic rings. The Kier molecular flexibility index (Phi) is 6.11. The van der Waals surface area contributed by atoms with Crippen molar-refractivity contribution in [3.05, 3.63) is 64.4 Å². The molecule has 0 aliphatic heterocycles. The molecule has 0 saturated heterocycles. The standard InChI is InChI=1S/C19H20N4O4/c1-26-9-10-27-15-6-4-5-14(11-15)12-20-18(24)13-23-19(25)16-7-2-3-8-17(16)21-22-23/h2-8,11H,9-10,12-13H2,1H3,(H,20,24). The van der Waals surface area contributed by atoms with Crippen LogP contribution in [0.1, 0.15) is 5.56 Å². The highest BCUT2D eigenvalue weighted by Gasteiger charge is 2.09. The molecule has 0 unspecified atom stereocenters. The average Bonchev–Trinajstić information content (AvgIpc) is 2.69. The van der Waals surface area contributed by atoms with E-state index in [2.05, 4.69) is 15.6 Å². The van der Waals surface area contributed by atoms with Gasteiger partial charge in [0.05, 0.1) is 12.0 Å². The minimum atomic E-state index is -0.343. The second-order valence-corrected chi connectivity index (χ2v) is 5.83. The van der Waals surface area contributed by atoms with E-state index in [1.807, 2.05) is 24.3 Å². The largest absolute Gasteiger partial charge is 0.491 e. The summed E-state index contributed by atoms with van der Waals surface area (Å²) in [5.74, 6) is 0.378. The Hall–Kier alpha value is -3.26. The molecule has 0 atom stereocenters. The molecule has 3 aromatic rings. The maximum Gasteiger partial charge on any atom is 0.278 e. The van der Waals surface area contributed by atoms with Gasteiger partial charge in [-0.2, -0.15) is 0 Å². The number of nitrogens with one attached hydrogen (secondary N) is 1. The average molecular weight is 368 g/mol. The van der Waals surface area contributed by atoms with Gasteiger partial charge in [-0.3, -0.25) is 9.59 Å². The fourth-order valence-electron chi connectivity index (χ4n) is 2.51. The maximum absolute atomic E-state index is 12.4. The first-order valence-electron chi connectivity index (χ1n) is 8.47. The Morgan fingerprint density at radius 2 is 2.00 bits per heavy atom. The van der Waals surface area contributed by atoms with Crippen LogP contribution in [0, 0.1) is 0 Å². The molecule has 1 heterocycles. The quantitative estimate of drug-likeness (QED) is 0.599. The van der Waals surface area contributed by atoms with Crippen LogP contribution in [0.4, 0.5) is 0 Å². The van der Waals surface area contributed by atoms with Gasteiger partial charge in [0, 0.05) is 13.7 Å². The second kappa shape index (κ2) is 8.91. The topological polar surface area (TPSA) is 95.3 Å². The number of carbonyl (C=O) groups excluding carboxylic acids is 1. The van der Waals surface area contributed by atoms with Crippen LogP contribution in [0.25, 0.3) is 10.9 Å². The number of methoxy groups -OCH3 is 1. The Labute approximate surface area is 155 Å². The lowest BCUT2D eigenvalue weighted by molar-refractivity contribution is -0.122. The molecule has 0 aliphatic carbocycles. The van der Waals surface area contributed by atoms with Crippen molar-refractivity contribution in [2.75, 3.05) is 20.3 Å². The highest BCUT2D eigenvalue weighted by Crippen LogP contribution is 2.13. The molecule has 0 fully saturated rings. The molecule has 1 N–H and O–H groups in total. The highest BCUT2D eigenvalue weighted by molar-refractivity contribution is 5.78. The highest BCUT2D eigenvalue weighted by atomic mass is 16.5. The normalized spacial score (nSPS) is 10.7. The van der Waals surface area contributed by atoms with E-state index in [4.69, 9.17) is 9.47 Å². The lowest BCUT2D eigenvalue weighted by atomic mass is 10.2. The third-order valence-corrected chi connectivity index (χ3v) is 3.87. The van der Waals surface area contributed by atoms with Crippen LogP contribution in [-0.4, -0.2) is 41.2 Å². The van der Waals surface area contributed by atoms with Crippen molar-refractivity contribution in [2.45, 2.75) is 13.1 Å². The van der Waals surface area contributed by atoms with Gasteiger partial charge in [-0.15, -0.1) is 5.10 Å². The van der Waals surface area contributed by atoms with Gasteiger partial charge in [-0.1, -0.05) is 29.5 Å². The van der Waals surface area contributed by atoms with Crippen LogP contribution < -0.4 is 15.6 Å². The van der Waals surface area contributed by atoms with E-state index in [1.54, 1.807) is 31.4 Å². The molecular formula is C19H20N4O4. The van der Waals surface area contributed by atoms with Gasteiger partial charge in [0.15, 0.2) is 0 Å². The summed E-state index contributed by atoms with van der Waals surface area (Å²) in [5, 5.41) is 11.0. The van der Waals surface area contributed by atoms with E-state index in [1.165, 1.54) is 0 Å². The van der Waals surface area contributed by atoms with Crippen molar-refractivity contribution in [3.63, 3.8) is 0 Å². The molecule has 8 heteroatoms. The fraction of sp³-hybridized carbons (Fsp3) is 0.263. The second-order valence-electron chi connectivity index (χ2n) is 5.83. The van der Waals surface area contributed by atoms with Crippen LogP contribution in [0.15, 0.2) is 53.3 Å². The monoisotopic (exact) mass is 368 g/mol. The van der Waals surface area contributed by atoms with Crippen LogP contribution in [0.5, 0.6) is 5.75 Å². The van der Waals surface area contributed by atoms with Crippen molar-refractivity contribution in [1.82, 2.24) is 20.3 Å². The number of fused-ring (bicyclic) bond motifs is 1. The van der Waals surface area contributed by atoms with Crippen LogP contribution in [0.3, 0.4) is 0 Å². The molecule has 27 heavy (non-hydrogen) atoms. The first kappa shape index (κ1) is 18.5. The molecule has 3 rings (SSSR count). The molecule has 0 bridgehead atoms. The third-order valence-electron chi connectivity index (χ3n) is 3.87. The molecule has 0 saturated carbocycles. The van der Waals surface area contributed by atoms with Crippen LogP contribution in [0.2, 0.25) is 0 Å². The molecule has 1 aromatic heterocycles. The van der Waals surface area contributed by atoms with E-state index in [0.29, 0.717) is 36.4 Å².